The average Bonchev–Trinajstić information content (AvgIpc) is 2.47. The minimum atomic E-state index is -0.465. The largest absolute Gasteiger partial charge is 0.462 e. The highest BCUT2D eigenvalue weighted by atomic mass is 127. The number of benzene rings is 2. The molecule has 0 aromatic heterocycles. The van der Waals surface area contributed by atoms with Crippen molar-refractivity contribution in [2.45, 2.75) is 6.92 Å². The van der Waals surface area contributed by atoms with Crippen LogP contribution in [0.25, 0.3) is 0 Å². The predicted octanol–water partition coefficient (Wildman–Crippen LogP) is 4.30. The van der Waals surface area contributed by atoms with Crippen molar-refractivity contribution in [3.63, 3.8) is 0 Å². The Morgan fingerprint density at radius 2 is 1.76 bits per heavy atom. The fourth-order valence-electron chi connectivity index (χ4n) is 1.91. The third kappa shape index (κ3) is 3.82. The van der Waals surface area contributed by atoms with Crippen LogP contribution in [0, 0.1) is 7.14 Å². The van der Waals surface area contributed by atoms with Crippen LogP contribution in [-0.4, -0.2) is 18.4 Å². The van der Waals surface area contributed by atoms with Crippen LogP contribution in [0.1, 0.15) is 33.2 Å². The van der Waals surface area contributed by atoms with Crippen molar-refractivity contribution in [3.8, 4) is 0 Å². The number of rotatable bonds is 4. The zero-order chi connectivity index (χ0) is 15.4. The molecule has 0 N–H and O–H groups in total. The normalized spacial score (nSPS) is 10.2. The number of carbonyl (C=O) groups is 2. The summed E-state index contributed by atoms with van der Waals surface area (Å²) in [6.07, 6.45) is 0. The van der Waals surface area contributed by atoms with Gasteiger partial charge in [0.05, 0.1) is 17.7 Å². The number of ketones is 1. The first kappa shape index (κ1) is 16.4. The van der Waals surface area contributed by atoms with Gasteiger partial charge in [-0.1, -0.05) is 30.3 Å². The summed E-state index contributed by atoms with van der Waals surface area (Å²) in [4.78, 5) is 24.8. The van der Waals surface area contributed by atoms with Crippen LogP contribution in [0.5, 0.6) is 0 Å². The number of hydrogen-bond donors (Lipinski definition) is 0. The number of carbonyl (C=O) groups excluding carboxylic acids is 2. The lowest BCUT2D eigenvalue weighted by molar-refractivity contribution is 0.0523. The predicted molar refractivity (Wildman–Crippen MR) is 97.7 cm³/mol. The number of hydrogen-bond acceptors (Lipinski definition) is 3. The summed E-state index contributed by atoms with van der Waals surface area (Å²) >= 11 is 4.21. The molecule has 0 saturated carbocycles. The Balaban J connectivity index is 2.57. The molecule has 2 aromatic carbocycles. The quantitative estimate of drug-likeness (QED) is 0.353. The van der Waals surface area contributed by atoms with Gasteiger partial charge in [0.15, 0.2) is 5.78 Å². The van der Waals surface area contributed by atoms with Crippen LogP contribution in [0.15, 0.2) is 42.5 Å². The molecule has 0 amide bonds. The van der Waals surface area contributed by atoms with E-state index in [1.165, 1.54) is 0 Å². The summed E-state index contributed by atoms with van der Waals surface area (Å²) < 4.78 is 6.71. The van der Waals surface area contributed by atoms with E-state index >= 15 is 0 Å². The first-order valence-corrected chi connectivity index (χ1v) is 8.46. The molecule has 108 valence electrons. The lowest BCUT2D eigenvalue weighted by Gasteiger charge is -2.11. The van der Waals surface area contributed by atoms with Crippen molar-refractivity contribution in [3.05, 3.63) is 66.3 Å². The molecule has 2 aromatic rings. The van der Waals surface area contributed by atoms with Gasteiger partial charge in [-0.15, -0.1) is 0 Å². The SMILES string of the molecule is CCOC(=O)c1cc(I)cc(I)c1C(=O)c1ccccc1. The van der Waals surface area contributed by atoms with Crippen LogP contribution in [-0.2, 0) is 4.74 Å². The van der Waals surface area contributed by atoms with Gasteiger partial charge in [0.2, 0.25) is 0 Å². The molecule has 21 heavy (non-hydrogen) atoms. The smallest absolute Gasteiger partial charge is 0.338 e. The molecule has 0 heterocycles. The molecule has 0 aliphatic heterocycles. The molecular formula is C16H12I2O3. The Morgan fingerprint density at radius 3 is 2.38 bits per heavy atom. The van der Waals surface area contributed by atoms with Gasteiger partial charge in [0.25, 0.3) is 0 Å². The average molecular weight is 506 g/mol. The van der Waals surface area contributed by atoms with Gasteiger partial charge in [-0.2, -0.15) is 0 Å². The van der Waals surface area contributed by atoms with E-state index in [0.29, 0.717) is 16.7 Å². The lowest BCUT2D eigenvalue weighted by atomic mass is 9.98. The zero-order valence-electron chi connectivity index (χ0n) is 11.2. The van der Waals surface area contributed by atoms with Crippen molar-refractivity contribution >= 4 is 56.9 Å². The molecule has 2 rings (SSSR count). The van der Waals surface area contributed by atoms with E-state index in [1.807, 2.05) is 12.1 Å². The second-order valence-corrected chi connectivity index (χ2v) is 6.63. The maximum Gasteiger partial charge on any atom is 0.338 e. The maximum absolute atomic E-state index is 12.7. The summed E-state index contributed by atoms with van der Waals surface area (Å²) in [6, 6.07) is 12.5. The molecule has 0 aliphatic rings. The molecule has 0 aliphatic carbocycles. The van der Waals surface area contributed by atoms with E-state index in [-0.39, 0.29) is 12.4 Å². The Hall–Kier alpha value is -0.960. The molecule has 0 saturated heterocycles. The van der Waals surface area contributed by atoms with Crippen molar-refractivity contribution in [1.82, 2.24) is 0 Å². The Labute approximate surface area is 150 Å². The van der Waals surface area contributed by atoms with Crippen LogP contribution < -0.4 is 0 Å². The Morgan fingerprint density at radius 1 is 1.10 bits per heavy atom. The molecular weight excluding hydrogens is 494 g/mol. The van der Waals surface area contributed by atoms with Gasteiger partial charge in [0, 0.05) is 12.7 Å². The van der Waals surface area contributed by atoms with Gasteiger partial charge < -0.3 is 4.74 Å². The third-order valence-electron chi connectivity index (χ3n) is 2.81. The van der Waals surface area contributed by atoms with Crippen molar-refractivity contribution in [2.24, 2.45) is 0 Å². The highest BCUT2D eigenvalue weighted by Gasteiger charge is 2.22. The molecule has 0 atom stereocenters. The summed E-state index contributed by atoms with van der Waals surface area (Å²) in [5.74, 6) is -0.632. The minimum absolute atomic E-state index is 0.167. The second kappa shape index (κ2) is 7.35. The Bertz CT molecular complexity index is 681. The van der Waals surface area contributed by atoms with E-state index < -0.39 is 5.97 Å². The third-order valence-corrected chi connectivity index (χ3v) is 4.29. The van der Waals surface area contributed by atoms with E-state index in [9.17, 15) is 9.59 Å². The maximum atomic E-state index is 12.7. The summed E-state index contributed by atoms with van der Waals surface area (Å²) in [7, 11) is 0. The van der Waals surface area contributed by atoms with Crippen LogP contribution in [0.2, 0.25) is 0 Å². The molecule has 0 fully saturated rings. The van der Waals surface area contributed by atoms with Gasteiger partial charge in [-0.05, 0) is 64.2 Å². The van der Waals surface area contributed by atoms with Crippen molar-refractivity contribution < 1.29 is 14.3 Å². The highest BCUT2D eigenvalue weighted by Crippen LogP contribution is 2.24. The first-order valence-electron chi connectivity index (χ1n) is 6.30. The van der Waals surface area contributed by atoms with Crippen LogP contribution in [0.4, 0.5) is 0 Å². The van der Waals surface area contributed by atoms with E-state index in [4.69, 9.17) is 4.74 Å². The number of esters is 1. The van der Waals surface area contributed by atoms with Gasteiger partial charge >= 0.3 is 5.97 Å². The van der Waals surface area contributed by atoms with Gasteiger partial charge in [-0.3, -0.25) is 4.79 Å². The monoisotopic (exact) mass is 506 g/mol. The van der Waals surface area contributed by atoms with Crippen LogP contribution in [0.3, 0.4) is 0 Å². The molecule has 0 unspecified atom stereocenters. The summed E-state index contributed by atoms with van der Waals surface area (Å²) in [5, 5.41) is 0. The van der Waals surface area contributed by atoms with Gasteiger partial charge in [0.1, 0.15) is 0 Å². The summed E-state index contributed by atoms with van der Waals surface area (Å²) in [6.45, 7) is 2.02. The zero-order valence-corrected chi connectivity index (χ0v) is 15.5. The fourth-order valence-corrected chi connectivity index (χ4v) is 4.00. The molecule has 0 radical (unpaired) electrons. The van der Waals surface area contributed by atoms with E-state index in [2.05, 4.69) is 45.2 Å². The van der Waals surface area contributed by atoms with E-state index in [0.717, 1.165) is 7.14 Å². The standard InChI is InChI=1S/C16H12I2O3/c1-2-21-16(20)12-8-11(17)9-13(18)14(12)15(19)10-6-4-3-5-7-10/h3-9H,2H2,1H3. The fraction of sp³-hybridized carbons (Fsp3) is 0.125. The molecule has 5 heteroatoms. The lowest BCUT2D eigenvalue weighted by Crippen LogP contribution is -2.15. The molecule has 3 nitrogen and oxygen atoms in total. The first-order chi connectivity index (χ1) is 10.0. The summed E-state index contributed by atoms with van der Waals surface area (Å²) in [5.41, 5.74) is 1.28. The minimum Gasteiger partial charge on any atom is -0.462 e. The van der Waals surface area contributed by atoms with Crippen molar-refractivity contribution in [2.75, 3.05) is 6.61 Å². The highest BCUT2D eigenvalue weighted by molar-refractivity contribution is 14.1. The van der Waals surface area contributed by atoms with E-state index in [1.54, 1.807) is 37.3 Å². The second-order valence-electron chi connectivity index (χ2n) is 4.23. The van der Waals surface area contributed by atoms with Crippen LogP contribution >= 0.6 is 45.2 Å². The molecule has 0 bridgehead atoms. The topological polar surface area (TPSA) is 43.4 Å². The molecule has 0 spiro atoms. The van der Waals surface area contributed by atoms with Crippen molar-refractivity contribution in [1.29, 1.82) is 0 Å². The number of halogens is 2. The van der Waals surface area contributed by atoms with Gasteiger partial charge in [-0.25, -0.2) is 4.79 Å². The number of ether oxygens (including phenoxy) is 1. The Kier molecular flexibility index (Phi) is 5.74.